The Morgan fingerprint density at radius 1 is 0.960 bits per heavy atom. The third-order valence-electron chi connectivity index (χ3n) is 4.45. The van der Waals surface area contributed by atoms with Gasteiger partial charge in [0.15, 0.2) is 0 Å². The summed E-state index contributed by atoms with van der Waals surface area (Å²) in [4.78, 5) is 24.4. The molecule has 0 aromatic heterocycles. The van der Waals surface area contributed by atoms with Crippen LogP contribution in [0.1, 0.15) is 52.0 Å². The quantitative estimate of drug-likeness (QED) is 0.794. The van der Waals surface area contributed by atoms with Crippen LogP contribution >= 0.6 is 15.9 Å². The van der Waals surface area contributed by atoms with Gasteiger partial charge in [-0.1, -0.05) is 47.0 Å². The van der Waals surface area contributed by atoms with Gasteiger partial charge in [0.1, 0.15) is 0 Å². The van der Waals surface area contributed by atoms with E-state index in [0.29, 0.717) is 23.7 Å². The summed E-state index contributed by atoms with van der Waals surface area (Å²) in [5.41, 5.74) is 2.23. The normalized spacial score (nSPS) is 14.3. The highest BCUT2D eigenvalue weighted by Crippen LogP contribution is 2.18. The molecule has 3 rings (SSSR count). The van der Waals surface area contributed by atoms with E-state index in [1.165, 1.54) is 12.8 Å². The highest BCUT2D eigenvalue weighted by Gasteiger charge is 2.17. The number of nitrogens with one attached hydrogen (secondary N) is 2. The average molecular weight is 401 g/mol. The second kappa shape index (κ2) is 8.30. The molecule has 0 unspecified atom stereocenters. The van der Waals surface area contributed by atoms with Crippen LogP contribution < -0.4 is 10.6 Å². The van der Waals surface area contributed by atoms with Gasteiger partial charge in [-0.3, -0.25) is 9.59 Å². The monoisotopic (exact) mass is 400 g/mol. The molecule has 5 heteroatoms. The molecular weight excluding hydrogens is 380 g/mol. The van der Waals surface area contributed by atoms with Gasteiger partial charge in [-0.25, -0.2) is 0 Å². The average Bonchev–Trinajstić information content (AvgIpc) is 3.13. The van der Waals surface area contributed by atoms with Gasteiger partial charge in [-0.15, -0.1) is 0 Å². The van der Waals surface area contributed by atoms with Gasteiger partial charge in [-0.2, -0.15) is 0 Å². The van der Waals surface area contributed by atoms with E-state index in [1.54, 1.807) is 12.1 Å². The van der Waals surface area contributed by atoms with E-state index in [0.717, 1.165) is 22.9 Å². The van der Waals surface area contributed by atoms with Crippen LogP contribution in [-0.4, -0.2) is 17.9 Å². The number of hydrogen-bond acceptors (Lipinski definition) is 2. The fraction of sp³-hybridized carbons (Fsp3) is 0.300. The molecule has 0 heterocycles. The van der Waals surface area contributed by atoms with Crippen molar-refractivity contribution in [2.45, 2.75) is 38.3 Å². The summed E-state index contributed by atoms with van der Waals surface area (Å²) in [6.45, 7) is 0.426. The van der Waals surface area contributed by atoms with Gasteiger partial charge in [0.2, 0.25) is 0 Å². The number of amides is 2. The first-order valence-corrected chi connectivity index (χ1v) is 9.35. The summed E-state index contributed by atoms with van der Waals surface area (Å²) in [5, 5.41) is 5.97. The Morgan fingerprint density at radius 3 is 2.36 bits per heavy atom. The third kappa shape index (κ3) is 4.92. The van der Waals surface area contributed by atoms with Crippen LogP contribution in [0.5, 0.6) is 0 Å². The molecule has 0 radical (unpaired) electrons. The van der Waals surface area contributed by atoms with E-state index in [2.05, 4.69) is 26.6 Å². The Bertz CT molecular complexity index is 753. The minimum absolute atomic E-state index is 0.0170. The van der Waals surface area contributed by atoms with Crippen LogP contribution in [0.4, 0.5) is 0 Å². The Hall–Kier alpha value is -2.14. The number of hydrogen-bond donors (Lipinski definition) is 2. The van der Waals surface area contributed by atoms with Crippen LogP contribution in [0.3, 0.4) is 0 Å². The first-order valence-electron chi connectivity index (χ1n) is 8.55. The summed E-state index contributed by atoms with van der Waals surface area (Å²) in [7, 11) is 0. The zero-order chi connectivity index (χ0) is 17.6. The van der Waals surface area contributed by atoms with E-state index in [-0.39, 0.29) is 11.8 Å². The maximum absolute atomic E-state index is 12.2. The molecule has 2 aromatic rings. The van der Waals surface area contributed by atoms with E-state index in [4.69, 9.17) is 0 Å². The van der Waals surface area contributed by atoms with E-state index >= 15 is 0 Å². The molecule has 0 aliphatic heterocycles. The van der Waals surface area contributed by atoms with Gasteiger partial charge in [-0.05, 0) is 48.7 Å². The predicted octanol–water partition coefficient (Wildman–Crippen LogP) is 4.05. The molecule has 130 valence electrons. The lowest BCUT2D eigenvalue weighted by molar-refractivity contribution is 0.0933. The fourth-order valence-electron chi connectivity index (χ4n) is 3.03. The SMILES string of the molecule is O=C(NCc1ccc(C(=O)NC2CCCC2)cc1)c1cccc(Br)c1. The van der Waals surface area contributed by atoms with Crippen LogP contribution in [0.25, 0.3) is 0 Å². The van der Waals surface area contributed by atoms with Gasteiger partial charge >= 0.3 is 0 Å². The first-order chi connectivity index (χ1) is 12.1. The molecule has 0 atom stereocenters. The number of carbonyl (C=O) groups is 2. The molecule has 0 spiro atoms. The predicted molar refractivity (Wildman–Crippen MR) is 101 cm³/mol. The smallest absolute Gasteiger partial charge is 0.251 e. The van der Waals surface area contributed by atoms with Crippen LogP contribution in [0, 0.1) is 0 Å². The van der Waals surface area contributed by atoms with Crippen LogP contribution in [0.15, 0.2) is 53.0 Å². The lowest BCUT2D eigenvalue weighted by Crippen LogP contribution is -2.32. The molecule has 2 N–H and O–H groups in total. The lowest BCUT2D eigenvalue weighted by atomic mass is 10.1. The molecular formula is C20H21BrN2O2. The second-order valence-electron chi connectivity index (χ2n) is 6.34. The summed E-state index contributed by atoms with van der Waals surface area (Å²) >= 11 is 3.36. The number of benzene rings is 2. The van der Waals surface area contributed by atoms with Crippen molar-refractivity contribution < 1.29 is 9.59 Å². The van der Waals surface area contributed by atoms with Gasteiger partial charge < -0.3 is 10.6 Å². The van der Waals surface area contributed by atoms with Crippen molar-refractivity contribution in [2.24, 2.45) is 0 Å². The van der Waals surface area contributed by atoms with Crippen molar-refractivity contribution >= 4 is 27.7 Å². The van der Waals surface area contributed by atoms with Crippen molar-refractivity contribution in [3.63, 3.8) is 0 Å². The standard InChI is InChI=1S/C20H21BrN2O2/c21-17-5-3-4-16(12-17)19(24)22-13-14-8-10-15(11-9-14)20(25)23-18-6-1-2-7-18/h3-5,8-12,18H,1-2,6-7,13H2,(H,22,24)(H,23,25). The van der Waals surface area contributed by atoms with Crippen LogP contribution in [-0.2, 0) is 6.54 Å². The second-order valence-corrected chi connectivity index (χ2v) is 7.26. The molecule has 1 aliphatic rings. The summed E-state index contributed by atoms with van der Waals surface area (Å²) in [5.74, 6) is -0.138. The lowest BCUT2D eigenvalue weighted by Gasteiger charge is -2.12. The van der Waals surface area contributed by atoms with Crippen molar-refractivity contribution in [3.8, 4) is 0 Å². The molecule has 1 fully saturated rings. The molecule has 1 saturated carbocycles. The van der Waals surface area contributed by atoms with E-state index in [1.807, 2.05) is 36.4 Å². The van der Waals surface area contributed by atoms with Crippen molar-refractivity contribution in [2.75, 3.05) is 0 Å². The molecule has 4 nitrogen and oxygen atoms in total. The Labute approximate surface area is 156 Å². The first kappa shape index (κ1) is 17.7. The number of halogens is 1. The number of carbonyl (C=O) groups excluding carboxylic acids is 2. The third-order valence-corrected chi connectivity index (χ3v) is 4.94. The zero-order valence-electron chi connectivity index (χ0n) is 13.9. The molecule has 25 heavy (non-hydrogen) atoms. The zero-order valence-corrected chi connectivity index (χ0v) is 15.5. The molecule has 2 amide bonds. The maximum Gasteiger partial charge on any atom is 0.251 e. The van der Waals surface area contributed by atoms with Crippen molar-refractivity contribution in [1.29, 1.82) is 0 Å². The largest absolute Gasteiger partial charge is 0.349 e. The maximum atomic E-state index is 12.2. The van der Waals surface area contributed by atoms with Crippen LogP contribution in [0.2, 0.25) is 0 Å². The van der Waals surface area contributed by atoms with E-state index in [9.17, 15) is 9.59 Å². The molecule has 0 saturated heterocycles. The summed E-state index contributed by atoms with van der Waals surface area (Å²) in [6.07, 6.45) is 4.54. The topological polar surface area (TPSA) is 58.2 Å². The van der Waals surface area contributed by atoms with Crippen molar-refractivity contribution in [3.05, 3.63) is 69.7 Å². The molecule has 0 bridgehead atoms. The van der Waals surface area contributed by atoms with Gasteiger partial charge in [0.25, 0.3) is 11.8 Å². The number of rotatable bonds is 5. The minimum Gasteiger partial charge on any atom is -0.349 e. The molecule has 2 aromatic carbocycles. The Kier molecular flexibility index (Phi) is 5.87. The van der Waals surface area contributed by atoms with Gasteiger partial charge in [0.05, 0.1) is 0 Å². The van der Waals surface area contributed by atoms with Gasteiger partial charge in [0, 0.05) is 28.2 Å². The van der Waals surface area contributed by atoms with Crippen molar-refractivity contribution in [1.82, 2.24) is 10.6 Å². The fourth-order valence-corrected chi connectivity index (χ4v) is 3.43. The molecule has 1 aliphatic carbocycles. The highest BCUT2D eigenvalue weighted by atomic mass is 79.9. The van der Waals surface area contributed by atoms with E-state index < -0.39 is 0 Å². The minimum atomic E-state index is -0.121. The Balaban J connectivity index is 1.53. The Morgan fingerprint density at radius 2 is 1.68 bits per heavy atom. The highest BCUT2D eigenvalue weighted by molar-refractivity contribution is 9.10. The summed E-state index contributed by atoms with van der Waals surface area (Å²) < 4.78 is 0.873. The summed E-state index contributed by atoms with van der Waals surface area (Å²) in [6, 6.07) is 15.0.